The maximum atomic E-state index is 6.40. The number of nitrogens with two attached hydrogens (primary N) is 1. The lowest BCUT2D eigenvalue weighted by molar-refractivity contribution is 0.682. The Hall–Kier alpha value is -0.830. The van der Waals surface area contributed by atoms with E-state index in [1.807, 2.05) is 18.2 Å². The van der Waals surface area contributed by atoms with Crippen LogP contribution in [0.5, 0.6) is 0 Å². The van der Waals surface area contributed by atoms with Gasteiger partial charge in [0.15, 0.2) is 0 Å². The lowest BCUT2D eigenvalue weighted by Crippen LogP contribution is -2.13. The molecule has 1 unspecified atom stereocenters. The van der Waals surface area contributed by atoms with Gasteiger partial charge in [-0.2, -0.15) is 0 Å². The normalized spacial score (nSPS) is 15.8. The van der Waals surface area contributed by atoms with E-state index in [2.05, 4.69) is 34.1 Å². The molecule has 0 saturated carbocycles. The second-order valence-electron chi connectivity index (χ2n) is 5.39. The van der Waals surface area contributed by atoms with Crippen molar-refractivity contribution in [2.45, 2.75) is 31.7 Å². The Kier molecular flexibility index (Phi) is 4.16. The van der Waals surface area contributed by atoms with Crippen molar-refractivity contribution in [1.82, 2.24) is 0 Å². The lowest BCUT2D eigenvalue weighted by atomic mass is 9.88. The van der Waals surface area contributed by atoms with Crippen LogP contribution in [0.25, 0.3) is 0 Å². The van der Waals surface area contributed by atoms with E-state index in [1.165, 1.54) is 42.4 Å². The molecule has 2 aromatic rings. The maximum absolute atomic E-state index is 6.40. The molecule has 0 spiro atoms. The first-order valence-electron chi connectivity index (χ1n) is 6.97. The van der Waals surface area contributed by atoms with E-state index in [1.54, 1.807) is 0 Å². The molecular formula is C17H17BrClN. The van der Waals surface area contributed by atoms with E-state index >= 15 is 0 Å². The Bertz CT molecular complexity index is 639. The Morgan fingerprint density at radius 3 is 2.35 bits per heavy atom. The number of fused-ring (bicyclic) bond motifs is 1. The summed E-state index contributed by atoms with van der Waals surface area (Å²) in [5.41, 5.74) is 11.6. The van der Waals surface area contributed by atoms with Crippen molar-refractivity contribution in [3.8, 4) is 0 Å². The summed E-state index contributed by atoms with van der Waals surface area (Å²) in [6.45, 7) is 0. The fourth-order valence-electron chi connectivity index (χ4n) is 2.85. The van der Waals surface area contributed by atoms with Crippen LogP contribution >= 0.6 is 27.5 Å². The Morgan fingerprint density at radius 2 is 1.60 bits per heavy atom. The van der Waals surface area contributed by atoms with Gasteiger partial charge in [-0.3, -0.25) is 0 Å². The minimum atomic E-state index is -0.101. The van der Waals surface area contributed by atoms with Crippen LogP contribution in [0.4, 0.5) is 0 Å². The van der Waals surface area contributed by atoms with Crippen LogP contribution in [0.1, 0.15) is 41.1 Å². The molecule has 3 rings (SSSR count). The van der Waals surface area contributed by atoms with E-state index in [9.17, 15) is 0 Å². The highest BCUT2D eigenvalue weighted by Crippen LogP contribution is 2.30. The molecule has 0 saturated heterocycles. The van der Waals surface area contributed by atoms with Gasteiger partial charge in [0.05, 0.1) is 11.1 Å². The number of aryl methyl sites for hydroxylation is 2. The predicted octanol–water partition coefficient (Wildman–Crippen LogP) is 5.03. The van der Waals surface area contributed by atoms with Crippen LogP contribution in [0.2, 0.25) is 5.02 Å². The van der Waals surface area contributed by atoms with Crippen LogP contribution in [0.3, 0.4) is 0 Å². The highest BCUT2D eigenvalue weighted by molar-refractivity contribution is 9.10. The monoisotopic (exact) mass is 349 g/mol. The maximum Gasteiger partial charge on any atom is 0.0552 e. The first kappa shape index (κ1) is 14.1. The first-order valence-corrected chi connectivity index (χ1v) is 8.14. The molecule has 0 aliphatic heterocycles. The number of rotatable bonds is 2. The van der Waals surface area contributed by atoms with Crippen molar-refractivity contribution in [2.75, 3.05) is 0 Å². The highest BCUT2D eigenvalue weighted by Gasteiger charge is 2.14. The zero-order valence-corrected chi connectivity index (χ0v) is 13.5. The highest BCUT2D eigenvalue weighted by atomic mass is 79.9. The average molecular weight is 351 g/mol. The molecule has 0 heterocycles. The van der Waals surface area contributed by atoms with Gasteiger partial charge in [0, 0.05) is 4.47 Å². The van der Waals surface area contributed by atoms with Gasteiger partial charge >= 0.3 is 0 Å². The summed E-state index contributed by atoms with van der Waals surface area (Å²) < 4.78 is 0.894. The van der Waals surface area contributed by atoms with E-state index in [0.29, 0.717) is 5.02 Å². The van der Waals surface area contributed by atoms with Gasteiger partial charge in [-0.05, 0) is 76.0 Å². The largest absolute Gasteiger partial charge is 0.320 e. The number of halogens is 2. The molecule has 0 fully saturated rings. The van der Waals surface area contributed by atoms with Crippen LogP contribution in [-0.2, 0) is 12.8 Å². The molecule has 1 aliphatic rings. The van der Waals surface area contributed by atoms with Gasteiger partial charge < -0.3 is 5.73 Å². The van der Waals surface area contributed by atoms with Crippen molar-refractivity contribution in [3.05, 3.63) is 68.1 Å². The molecule has 0 aromatic heterocycles. The molecular weight excluding hydrogens is 334 g/mol. The van der Waals surface area contributed by atoms with Crippen LogP contribution in [0.15, 0.2) is 40.9 Å². The first-order chi connectivity index (χ1) is 9.65. The summed E-state index contributed by atoms with van der Waals surface area (Å²) in [6.07, 6.45) is 4.98. The zero-order chi connectivity index (χ0) is 14.1. The van der Waals surface area contributed by atoms with E-state index in [-0.39, 0.29) is 6.04 Å². The number of hydrogen-bond acceptors (Lipinski definition) is 1. The quantitative estimate of drug-likeness (QED) is 0.807. The number of benzene rings is 2. The van der Waals surface area contributed by atoms with Gasteiger partial charge in [-0.25, -0.2) is 0 Å². The fourth-order valence-corrected chi connectivity index (χ4v) is 3.36. The summed E-state index contributed by atoms with van der Waals surface area (Å²) in [4.78, 5) is 0. The molecule has 0 radical (unpaired) electrons. The second-order valence-corrected chi connectivity index (χ2v) is 6.65. The standard InChI is InChI=1S/C17H17BrClN/c18-15-10-14(7-8-16(15)19)17(20)13-6-5-11-3-1-2-4-12(11)9-13/h5-10,17H,1-4,20H2. The Labute approximate surface area is 133 Å². The average Bonchev–Trinajstić information content (AvgIpc) is 2.49. The van der Waals surface area contributed by atoms with E-state index in [4.69, 9.17) is 17.3 Å². The zero-order valence-electron chi connectivity index (χ0n) is 11.2. The minimum Gasteiger partial charge on any atom is -0.320 e. The van der Waals surface area contributed by atoms with Crippen LogP contribution in [-0.4, -0.2) is 0 Å². The van der Waals surface area contributed by atoms with Crippen LogP contribution in [0, 0.1) is 0 Å². The van der Waals surface area contributed by atoms with Crippen molar-refractivity contribution in [2.24, 2.45) is 5.73 Å². The SMILES string of the molecule is NC(c1ccc(Cl)c(Br)c1)c1ccc2c(c1)CCCC2. The van der Waals surface area contributed by atoms with Crippen molar-refractivity contribution in [3.63, 3.8) is 0 Å². The van der Waals surface area contributed by atoms with Crippen molar-refractivity contribution in [1.29, 1.82) is 0 Å². The van der Waals surface area contributed by atoms with Gasteiger partial charge in [-0.1, -0.05) is 35.9 Å². The molecule has 1 aliphatic carbocycles. The van der Waals surface area contributed by atoms with Crippen molar-refractivity contribution < 1.29 is 0 Å². The third-order valence-electron chi connectivity index (χ3n) is 4.03. The van der Waals surface area contributed by atoms with Gasteiger partial charge in [0.25, 0.3) is 0 Å². The Morgan fingerprint density at radius 1 is 0.950 bits per heavy atom. The predicted molar refractivity (Wildman–Crippen MR) is 88.3 cm³/mol. The summed E-state index contributed by atoms with van der Waals surface area (Å²) in [7, 11) is 0. The fraction of sp³-hybridized carbons (Fsp3) is 0.294. The van der Waals surface area contributed by atoms with Crippen molar-refractivity contribution >= 4 is 27.5 Å². The minimum absolute atomic E-state index is 0.101. The molecule has 1 atom stereocenters. The van der Waals surface area contributed by atoms with Crippen LogP contribution < -0.4 is 5.73 Å². The third-order valence-corrected chi connectivity index (χ3v) is 5.25. The molecule has 0 amide bonds. The lowest BCUT2D eigenvalue weighted by Gasteiger charge is -2.19. The molecule has 2 aromatic carbocycles. The topological polar surface area (TPSA) is 26.0 Å². The summed E-state index contributed by atoms with van der Waals surface area (Å²) >= 11 is 9.50. The van der Waals surface area contributed by atoms with E-state index < -0.39 is 0 Å². The van der Waals surface area contributed by atoms with Gasteiger partial charge in [-0.15, -0.1) is 0 Å². The summed E-state index contributed by atoms with van der Waals surface area (Å²) in [5.74, 6) is 0. The second kappa shape index (κ2) is 5.88. The molecule has 1 nitrogen and oxygen atoms in total. The molecule has 2 N–H and O–H groups in total. The van der Waals surface area contributed by atoms with E-state index in [0.717, 1.165) is 10.0 Å². The molecule has 3 heteroatoms. The van der Waals surface area contributed by atoms with Gasteiger partial charge in [0.1, 0.15) is 0 Å². The Balaban J connectivity index is 1.93. The molecule has 20 heavy (non-hydrogen) atoms. The smallest absolute Gasteiger partial charge is 0.0552 e. The number of hydrogen-bond donors (Lipinski definition) is 1. The summed E-state index contributed by atoms with van der Waals surface area (Å²) in [6, 6.07) is 12.5. The summed E-state index contributed by atoms with van der Waals surface area (Å²) in [5, 5.41) is 0.714. The van der Waals surface area contributed by atoms with Gasteiger partial charge in [0.2, 0.25) is 0 Å². The molecule has 104 valence electrons. The molecule has 0 bridgehead atoms. The third kappa shape index (κ3) is 2.78.